The molecule has 2 aliphatic carbocycles. The van der Waals surface area contributed by atoms with Gasteiger partial charge in [-0.3, -0.25) is 0 Å². The minimum Gasteiger partial charge on any atom is -0.391 e. The number of fused-ring (bicyclic) bond motifs is 3. The van der Waals surface area contributed by atoms with Crippen molar-refractivity contribution >= 4 is 6.03 Å². The van der Waals surface area contributed by atoms with E-state index >= 15 is 0 Å². The quantitative estimate of drug-likeness (QED) is 0.856. The van der Waals surface area contributed by atoms with E-state index in [4.69, 9.17) is 0 Å². The lowest BCUT2D eigenvalue weighted by Crippen LogP contribution is -2.42. The Morgan fingerprint density at radius 3 is 2.74 bits per heavy atom. The van der Waals surface area contributed by atoms with Crippen LogP contribution in [0.3, 0.4) is 0 Å². The Morgan fingerprint density at radius 1 is 1.15 bits per heavy atom. The summed E-state index contributed by atoms with van der Waals surface area (Å²) in [6.45, 7) is 0.312. The van der Waals surface area contributed by atoms with Gasteiger partial charge in [-0.1, -0.05) is 36.4 Å². The molecular formula is C22H23FN2O2. The molecule has 1 saturated heterocycles. The highest BCUT2D eigenvalue weighted by Gasteiger charge is 2.54. The number of aliphatic hydroxyl groups is 1. The number of halogens is 1. The zero-order valence-corrected chi connectivity index (χ0v) is 15.0. The first-order valence-corrected chi connectivity index (χ1v) is 9.70. The van der Waals surface area contributed by atoms with Crippen molar-refractivity contribution in [2.24, 2.45) is 5.92 Å². The van der Waals surface area contributed by atoms with Crippen LogP contribution in [0.15, 0.2) is 48.5 Å². The molecule has 3 aliphatic rings. The van der Waals surface area contributed by atoms with Crippen molar-refractivity contribution in [3.05, 3.63) is 71.0 Å². The summed E-state index contributed by atoms with van der Waals surface area (Å²) >= 11 is 0. The smallest absolute Gasteiger partial charge is 0.318 e. The van der Waals surface area contributed by atoms with E-state index in [1.165, 1.54) is 23.3 Å². The molecule has 2 aromatic carbocycles. The molecule has 140 valence electrons. The molecule has 1 aliphatic heterocycles. The summed E-state index contributed by atoms with van der Waals surface area (Å²) < 4.78 is 13.2. The van der Waals surface area contributed by atoms with E-state index in [0.29, 0.717) is 24.8 Å². The molecule has 27 heavy (non-hydrogen) atoms. The Labute approximate surface area is 158 Å². The highest BCUT2D eigenvalue weighted by Crippen LogP contribution is 2.54. The number of nitrogens with zero attached hydrogens (tertiary/aromatic N) is 1. The largest absolute Gasteiger partial charge is 0.391 e. The average Bonchev–Trinajstić information content (AvgIpc) is 3.24. The van der Waals surface area contributed by atoms with Crippen molar-refractivity contribution < 1.29 is 14.3 Å². The summed E-state index contributed by atoms with van der Waals surface area (Å²) in [4.78, 5) is 14.7. The van der Waals surface area contributed by atoms with Crippen LogP contribution in [0, 0.1) is 11.7 Å². The minimum absolute atomic E-state index is 0.127. The molecule has 4 nitrogen and oxygen atoms in total. The van der Waals surface area contributed by atoms with Gasteiger partial charge in [0.2, 0.25) is 0 Å². The molecule has 1 saturated carbocycles. The van der Waals surface area contributed by atoms with Crippen molar-refractivity contribution in [3.63, 3.8) is 0 Å². The summed E-state index contributed by atoms with van der Waals surface area (Å²) in [5.41, 5.74) is 3.63. The summed E-state index contributed by atoms with van der Waals surface area (Å²) in [6, 6.07) is 14.6. The first-order chi connectivity index (χ1) is 13.1. The number of rotatable bonds is 2. The lowest BCUT2D eigenvalue weighted by Gasteiger charge is -2.25. The number of likely N-dealkylation sites (tertiary alicyclic amines) is 1. The SMILES string of the molecule is O=C(NC1C2CCc3ccccc3C21)N1CC(O)CC1c1ccc(F)cc1. The number of β-amino-alcohol motifs (C(OH)–C–C–N with tert-alkyl or cyclic N) is 1. The van der Waals surface area contributed by atoms with Crippen LogP contribution in [0.5, 0.6) is 0 Å². The van der Waals surface area contributed by atoms with Gasteiger partial charge in [-0.2, -0.15) is 0 Å². The normalized spacial score (nSPS) is 31.2. The Morgan fingerprint density at radius 2 is 1.93 bits per heavy atom. The van der Waals surface area contributed by atoms with Gasteiger partial charge in [0.1, 0.15) is 5.82 Å². The van der Waals surface area contributed by atoms with E-state index in [0.717, 1.165) is 18.4 Å². The van der Waals surface area contributed by atoms with Crippen LogP contribution in [-0.4, -0.2) is 34.7 Å². The van der Waals surface area contributed by atoms with Crippen LogP contribution < -0.4 is 5.32 Å². The molecule has 2 N–H and O–H groups in total. The molecule has 1 heterocycles. The number of urea groups is 1. The topological polar surface area (TPSA) is 52.6 Å². The second kappa shape index (κ2) is 6.34. The molecular weight excluding hydrogens is 343 g/mol. The first-order valence-electron chi connectivity index (χ1n) is 9.70. The summed E-state index contributed by atoms with van der Waals surface area (Å²) in [6.07, 6.45) is 2.12. The highest BCUT2D eigenvalue weighted by atomic mass is 19.1. The molecule has 5 heteroatoms. The summed E-state index contributed by atoms with van der Waals surface area (Å²) in [5.74, 6) is 0.630. The van der Waals surface area contributed by atoms with Crippen molar-refractivity contribution in [3.8, 4) is 0 Å². The van der Waals surface area contributed by atoms with Gasteiger partial charge in [0.25, 0.3) is 0 Å². The Balaban J connectivity index is 1.32. The predicted octanol–water partition coefficient (Wildman–Crippen LogP) is 3.37. The van der Waals surface area contributed by atoms with Crippen LogP contribution in [0.25, 0.3) is 0 Å². The van der Waals surface area contributed by atoms with Crippen molar-refractivity contribution in [1.82, 2.24) is 10.2 Å². The lowest BCUT2D eigenvalue weighted by atomic mass is 9.92. The maximum Gasteiger partial charge on any atom is 0.318 e. The fourth-order valence-corrected chi connectivity index (χ4v) is 5.03. The van der Waals surface area contributed by atoms with Crippen LogP contribution >= 0.6 is 0 Å². The van der Waals surface area contributed by atoms with Gasteiger partial charge < -0.3 is 15.3 Å². The van der Waals surface area contributed by atoms with Crippen molar-refractivity contribution in [2.45, 2.75) is 43.4 Å². The number of carbonyl (C=O) groups excluding carboxylic acids is 1. The third-order valence-electron chi connectivity index (χ3n) is 6.41. The van der Waals surface area contributed by atoms with E-state index in [9.17, 15) is 14.3 Å². The van der Waals surface area contributed by atoms with Gasteiger partial charge in [0, 0.05) is 18.5 Å². The standard InChI is InChI=1S/C22H23FN2O2/c23-15-8-5-14(6-9-15)19-11-16(26)12-25(19)22(27)24-21-18-10-7-13-3-1-2-4-17(13)20(18)21/h1-6,8-9,16,18-21,26H,7,10-12H2,(H,24,27). The number of nitrogens with one attached hydrogen (secondary N) is 1. The molecule has 5 rings (SSSR count). The van der Waals surface area contributed by atoms with Gasteiger partial charge >= 0.3 is 6.03 Å². The van der Waals surface area contributed by atoms with Crippen LogP contribution in [-0.2, 0) is 6.42 Å². The Bertz CT molecular complexity index is 869. The maximum atomic E-state index is 13.2. The van der Waals surface area contributed by atoms with Crippen molar-refractivity contribution in [2.75, 3.05) is 6.54 Å². The second-order valence-electron chi connectivity index (χ2n) is 8.01. The van der Waals surface area contributed by atoms with Gasteiger partial charge in [-0.15, -0.1) is 0 Å². The number of hydrogen-bond acceptors (Lipinski definition) is 2. The monoisotopic (exact) mass is 366 g/mol. The molecule has 0 bridgehead atoms. The van der Waals surface area contributed by atoms with E-state index in [1.807, 2.05) is 0 Å². The molecule has 2 aromatic rings. The Hall–Kier alpha value is -2.40. The van der Waals surface area contributed by atoms with Crippen LogP contribution in [0.4, 0.5) is 9.18 Å². The maximum absolute atomic E-state index is 13.2. The number of amides is 2. The van der Waals surface area contributed by atoms with Gasteiger partial charge in [-0.05, 0) is 54.0 Å². The number of aryl methyl sites for hydroxylation is 1. The molecule has 2 fully saturated rings. The van der Waals surface area contributed by atoms with E-state index in [-0.39, 0.29) is 23.9 Å². The fourth-order valence-electron chi connectivity index (χ4n) is 5.03. The van der Waals surface area contributed by atoms with E-state index < -0.39 is 6.10 Å². The summed E-state index contributed by atoms with van der Waals surface area (Å²) in [5, 5.41) is 13.3. The average molecular weight is 366 g/mol. The minimum atomic E-state index is -0.548. The third-order valence-corrected chi connectivity index (χ3v) is 6.41. The molecule has 0 spiro atoms. The molecule has 5 atom stereocenters. The number of hydrogen-bond donors (Lipinski definition) is 2. The Kier molecular flexibility index (Phi) is 3.93. The molecule has 5 unspecified atom stereocenters. The third kappa shape index (κ3) is 2.90. The fraction of sp³-hybridized carbons (Fsp3) is 0.409. The first kappa shape index (κ1) is 16.8. The van der Waals surface area contributed by atoms with Crippen LogP contribution in [0.1, 0.15) is 41.5 Å². The second-order valence-corrected chi connectivity index (χ2v) is 8.01. The van der Waals surface area contributed by atoms with Gasteiger partial charge in [0.05, 0.1) is 12.1 Å². The molecule has 0 radical (unpaired) electrons. The van der Waals surface area contributed by atoms with E-state index in [1.54, 1.807) is 17.0 Å². The predicted molar refractivity (Wildman–Crippen MR) is 99.8 cm³/mol. The van der Waals surface area contributed by atoms with Crippen molar-refractivity contribution in [1.29, 1.82) is 0 Å². The lowest BCUT2D eigenvalue weighted by molar-refractivity contribution is 0.169. The molecule has 2 amide bonds. The van der Waals surface area contributed by atoms with Gasteiger partial charge in [-0.25, -0.2) is 9.18 Å². The number of carbonyl (C=O) groups is 1. The number of aliphatic hydroxyl groups excluding tert-OH is 1. The zero-order valence-electron chi connectivity index (χ0n) is 15.0. The highest BCUT2D eigenvalue weighted by molar-refractivity contribution is 5.76. The summed E-state index contributed by atoms with van der Waals surface area (Å²) in [7, 11) is 0. The zero-order chi connectivity index (χ0) is 18.5. The molecule has 0 aromatic heterocycles. The van der Waals surface area contributed by atoms with Gasteiger partial charge in [0.15, 0.2) is 0 Å². The van der Waals surface area contributed by atoms with Crippen LogP contribution in [0.2, 0.25) is 0 Å². The number of benzene rings is 2. The van der Waals surface area contributed by atoms with E-state index in [2.05, 4.69) is 29.6 Å².